The summed E-state index contributed by atoms with van der Waals surface area (Å²) >= 11 is 0. The zero-order valence-corrected chi connectivity index (χ0v) is 10.4. The molecular formula is C12H13N7. The minimum Gasteiger partial charge on any atom is -0.306 e. The van der Waals surface area contributed by atoms with Gasteiger partial charge in [0.1, 0.15) is 6.33 Å². The first-order valence-electron chi connectivity index (χ1n) is 5.84. The third-order valence-electron chi connectivity index (χ3n) is 2.89. The molecule has 1 aromatic carbocycles. The van der Waals surface area contributed by atoms with Crippen molar-refractivity contribution in [2.24, 2.45) is 5.84 Å². The smallest absolute Gasteiger partial charge is 0.184 e. The molecular weight excluding hydrogens is 242 g/mol. The number of nitrogens with one attached hydrogen (secondary N) is 1. The first kappa shape index (κ1) is 11.5. The van der Waals surface area contributed by atoms with E-state index in [1.54, 1.807) is 4.68 Å². The molecule has 3 N–H and O–H groups in total. The minimum absolute atomic E-state index is 0.472. The van der Waals surface area contributed by atoms with Crippen molar-refractivity contribution in [3.05, 3.63) is 41.7 Å². The van der Waals surface area contributed by atoms with Crippen LogP contribution in [-0.4, -0.2) is 25.0 Å². The van der Waals surface area contributed by atoms with Crippen LogP contribution < -0.4 is 11.3 Å². The molecule has 0 amide bonds. The number of aryl methyl sites for hydroxylation is 1. The topological polar surface area (TPSA) is 94.5 Å². The Balaban J connectivity index is 1.99. The van der Waals surface area contributed by atoms with Gasteiger partial charge in [-0.25, -0.2) is 20.5 Å². The summed E-state index contributed by atoms with van der Waals surface area (Å²) in [5, 5.41) is 8.14. The molecule has 0 unspecified atom stereocenters. The van der Waals surface area contributed by atoms with Gasteiger partial charge < -0.3 is 5.43 Å². The predicted molar refractivity (Wildman–Crippen MR) is 71.2 cm³/mol. The van der Waals surface area contributed by atoms with Crippen LogP contribution in [0, 0.1) is 6.92 Å². The van der Waals surface area contributed by atoms with E-state index in [0.717, 1.165) is 5.56 Å². The predicted octanol–water partition coefficient (Wildman–Crippen LogP) is 0.864. The highest BCUT2D eigenvalue weighted by atomic mass is 15.4. The van der Waals surface area contributed by atoms with E-state index in [4.69, 9.17) is 5.84 Å². The lowest BCUT2D eigenvalue weighted by molar-refractivity contribution is 0.664. The van der Waals surface area contributed by atoms with E-state index >= 15 is 0 Å². The zero-order chi connectivity index (χ0) is 13.2. The molecule has 2 heterocycles. The molecule has 96 valence electrons. The van der Waals surface area contributed by atoms with Crippen LogP contribution in [0.25, 0.3) is 11.2 Å². The second kappa shape index (κ2) is 4.62. The fourth-order valence-corrected chi connectivity index (χ4v) is 1.87. The van der Waals surface area contributed by atoms with E-state index in [1.165, 1.54) is 11.9 Å². The van der Waals surface area contributed by atoms with Gasteiger partial charge in [-0.2, -0.15) is 0 Å². The molecule has 0 aliphatic heterocycles. The van der Waals surface area contributed by atoms with Gasteiger partial charge in [0.2, 0.25) is 0 Å². The first-order chi connectivity index (χ1) is 9.28. The largest absolute Gasteiger partial charge is 0.306 e. The molecule has 3 rings (SSSR count). The monoisotopic (exact) mass is 255 g/mol. The van der Waals surface area contributed by atoms with Crippen LogP contribution >= 0.6 is 0 Å². The Kier molecular flexibility index (Phi) is 2.81. The molecule has 0 fully saturated rings. The van der Waals surface area contributed by atoms with Crippen LogP contribution in [0.1, 0.15) is 11.1 Å². The number of benzene rings is 1. The van der Waals surface area contributed by atoms with Gasteiger partial charge in [0.05, 0.1) is 6.54 Å². The highest BCUT2D eigenvalue weighted by Gasteiger charge is 2.10. The maximum Gasteiger partial charge on any atom is 0.184 e. The van der Waals surface area contributed by atoms with Crippen molar-refractivity contribution in [2.45, 2.75) is 13.5 Å². The molecule has 0 aliphatic carbocycles. The molecule has 0 aliphatic rings. The molecule has 0 spiro atoms. The summed E-state index contributed by atoms with van der Waals surface area (Å²) in [5.41, 5.74) is 6.07. The van der Waals surface area contributed by atoms with Gasteiger partial charge in [0, 0.05) is 0 Å². The van der Waals surface area contributed by atoms with Gasteiger partial charge in [-0.15, -0.1) is 5.10 Å². The van der Waals surface area contributed by atoms with Gasteiger partial charge in [0.25, 0.3) is 0 Å². The quantitative estimate of drug-likeness (QED) is 0.532. The standard InChI is InChI=1S/C12H13N7/c1-8-2-4-9(5-3-8)6-19-12-10(17-18-19)11(16-13)14-7-15-12/h2-5,7H,6,13H2,1H3,(H,14,15,16). The Labute approximate surface area is 109 Å². The number of hydrogen-bond donors (Lipinski definition) is 2. The number of anilines is 1. The molecule has 7 nitrogen and oxygen atoms in total. The molecule has 7 heteroatoms. The van der Waals surface area contributed by atoms with Crippen LogP contribution in [0.15, 0.2) is 30.6 Å². The van der Waals surface area contributed by atoms with Crippen molar-refractivity contribution in [3.63, 3.8) is 0 Å². The van der Waals surface area contributed by atoms with Crippen molar-refractivity contribution in [3.8, 4) is 0 Å². The minimum atomic E-state index is 0.472. The van der Waals surface area contributed by atoms with E-state index in [9.17, 15) is 0 Å². The van der Waals surface area contributed by atoms with Gasteiger partial charge in [-0.05, 0) is 12.5 Å². The maximum atomic E-state index is 5.38. The van der Waals surface area contributed by atoms with Crippen LogP contribution in [0.3, 0.4) is 0 Å². The molecule has 0 radical (unpaired) electrons. The highest BCUT2D eigenvalue weighted by Crippen LogP contribution is 2.15. The molecule has 0 bridgehead atoms. The van der Waals surface area contributed by atoms with Crippen molar-refractivity contribution in [2.75, 3.05) is 5.43 Å². The van der Waals surface area contributed by atoms with Gasteiger partial charge >= 0.3 is 0 Å². The summed E-state index contributed by atoms with van der Waals surface area (Å²) in [6, 6.07) is 8.25. The second-order valence-electron chi connectivity index (χ2n) is 4.27. The number of nitrogens with zero attached hydrogens (tertiary/aromatic N) is 5. The van der Waals surface area contributed by atoms with Crippen LogP contribution in [0.4, 0.5) is 5.82 Å². The number of aromatic nitrogens is 5. The van der Waals surface area contributed by atoms with E-state index in [0.29, 0.717) is 23.5 Å². The molecule has 0 saturated heterocycles. The zero-order valence-electron chi connectivity index (χ0n) is 10.4. The van der Waals surface area contributed by atoms with Crippen LogP contribution in [-0.2, 0) is 6.54 Å². The lowest BCUT2D eigenvalue weighted by Crippen LogP contribution is -2.09. The third kappa shape index (κ3) is 2.11. The number of hydrogen-bond acceptors (Lipinski definition) is 6. The van der Waals surface area contributed by atoms with E-state index < -0.39 is 0 Å². The van der Waals surface area contributed by atoms with Crippen molar-refractivity contribution in [1.29, 1.82) is 0 Å². The average Bonchev–Trinajstić information content (AvgIpc) is 2.84. The molecule has 2 aromatic heterocycles. The summed E-state index contributed by atoms with van der Waals surface area (Å²) < 4.78 is 1.72. The number of rotatable bonds is 3. The number of nitrogens with two attached hydrogens (primary N) is 1. The molecule has 19 heavy (non-hydrogen) atoms. The Morgan fingerprint density at radius 2 is 2.00 bits per heavy atom. The number of fused-ring (bicyclic) bond motifs is 1. The fourth-order valence-electron chi connectivity index (χ4n) is 1.87. The Morgan fingerprint density at radius 1 is 1.21 bits per heavy atom. The summed E-state index contributed by atoms with van der Waals surface area (Å²) in [6.07, 6.45) is 1.44. The Morgan fingerprint density at radius 3 is 2.74 bits per heavy atom. The molecule has 0 atom stereocenters. The van der Waals surface area contributed by atoms with E-state index in [1.807, 2.05) is 0 Å². The average molecular weight is 255 g/mol. The van der Waals surface area contributed by atoms with Crippen molar-refractivity contribution in [1.82, 2.24) is 25.0 Å². The van der Waals surface area contributed by atoms with Gasteiger partial charge in [-0.3, -0.25) is 0 Å². The lowest BCUT2D eigenvalue weighted by Gasteiger charge is -2.03. The summed E-state index contributed by atoms with van der Waals surface area (Å²) in [4.78, 5) is 8.19. The van der Waals surface area contributed by atoms with E-state index in [-0.39, 0.29) is 0 Å². The summed E-state index contributed by atoms with van der Waals surface area (Å²) in [6.45, 7) is 2.67. The van der Waals surface area contributed by atoms with Crippen molar-refractivity contribution >= 4 is 17.0 Å². The number of hydrazine groups is 1. The Bertz CT molecular complexity index is 702. The highest BCUT2D eigenvalue weighted by molar-refractivity contribution is 5.81. The van der Waals surface area contributed by atoms with Crippen LogP contribution in [0.5, 0.6) is 0 Å². The van der Waals surface area contributed by atoms with Crippen molar-refractivity contribution < 1.29 is 0 Å². The summed E-state index contributed by atoms with van der Waals surface area (Å²) in [5.74, 6) is 5.85. The normalized spacial score (nSPS) is 10.8. The maximum absolute atomic E-state index is 5.38. The summed E-state index contributed by atoms with van der Waals surface area (Å²) in [7, 11) is 0. The first-order valence-corrected chi connectivity index (χ1v) is 5.84. The molecule has 0 saturated carbocycles. The second-order valence-corrected chi connectivity index (χ2v) is 4.27. The lowest BCUT2D eigenvalue weighted by atomic mass is 10.1. The fraction of sp³-hybridized carbons (Fsp3) is 0.167. The number of nitrogen functional groups attached to an aromatic ring is 1. The third-order valence-corrected chi connectivity index (χ3v) is 2.89. The van der Waals surface area contributed by atoms with Gasteiger partial charge in [0.15, 0.2) is 17.0 Å². The van der Waals surface area contributed by atoms with E-state index in [2.05, 4.69) is 56.9 Å². The van der Waals surface area contributed by atoms with Gasteiger partial charge in [-0.1, -0.05) is 35.0 Å². The van der Waals surface area contributed by atoms with Crippen LogP contribution in [0.2, 0.25) is 0 Å². The Hall–Kier alpha value is -2.54. The molecule has 3 aromatic rings. The SMILES string of the molecule is Cc1ccc(Cn2nnc3c(NN)ncnc32)cc1.